The molecule has 26 heavy (non-hydrogen) atoms. The third-order valence-electron chi connectivity index (χ3n) is 2.74. The van der Waals surface area contributed by atoms with E-state index in [9.17, 15) is 14.4 Å². The van der Waals surface area contributed by atoms with Crippen molar-refractivity contribution in [2.75, 3.05) is 19.0 Å². The molecule has 0 bridgehead atoms. The molecule has 1 fully saturated rings. The van der Waals surface area contributed by atoms with E-state index in [1.54, 1.807) is 0 Å². The van der Waals surface area contributed by atoms with Gasteiger partial charge in [-0.05, 0) is 6.92 Å². The average molecular weight is 486 g/mol. The van der Waals surface area contributed by atoms with Gasteiger partial charge in [-0.3, -0.25) is 9.69 Å². The van der Waals surface area contributed by atoms with Crippen LogP contribution in [0.4, 0.5) is 9.59 Å². The molecule has 0 aromatic rings. The average Bonchev–Trinajstić information content (AvgIpc) is 2.47. The number of hydrogen-bond donors (Lipinski definition) is 1. The van der Waals surface area contributed by atoms with Gasteiger partial charge >= 0.3 is 12.2 Å². The fourth-order valence-electron chi connectivity index (χ4n) is 1.72. The molecule has 1 aliphatic rings. The van der Waals surface area contributed by atoms with Gasteiger partial charge in [-0.25, -0.2) is 9.59 Å². The monoisotopic (exact) mass is 484 g/mol. The van der Waals surface area contributed by atoms with Gasteiger partial charge in [0.05, 0.1) is 11.8 Å². The molecule has 1 rings (SSSR count). The molecule has 2 atom stereocenters. The fraction of sp³-hybridized carbons (Fsp3) is 0.667. The van der Waals surface area contributed by atoms with Crippen LogP contribution in [0.25, 0.3) is 0 Å². The topological polar surface area (TPSA) is 108 Å². The van der Waals surface area contributed by atoms with Crippen LogP contribution in [0.2, 0.25) is 0 Å². The Labute approximate surface area is 178 Å². The van der Waals surface area contributed by atoms with Crippen LogP contribution in [0.1, 0.15) is 13.3 Å². The zero-order valence-corrected chi connectivity index (χ0v) is 18.0. The number of thiocarbonyl (C=S) groups is 1. The Morgan fingerprint density at radius 3 is 2.62 bits per heavy atom. The van der Waals surface area contributed by atoms with Gasteiger partial charge in [0.2, 0.25) is 9.70 Å². The van der Waals surface area contributed by atoms with E-state index in [0.29, 0.717) is 9.28 Å². The number of hydrogen-bond acceptors (Lipinski definition) is 9. The number of primary amides is 1. The van der Waals surface area contributed by atoms with Crippen molar-refractivity contribution in [3.63, 3.8) is 0 Å². The summed E-state index contributed by atoms with van der Waals surface area (Å²) in [5.74, 6) is 0.235. The van der Waals surface area contributed by atoms with Crippen molar-refractivity contribution in [1.29, 1.82) is 0 Å². The van der Waals surface area contributed by atoms with Crippen LogP contribution in [-0.4, -0.2) is 60.9 Å². The summed E-state index contributed by atoms with van der Waals surface area (Å²) in [6, 6.07) is 0. The highest BCUT2D eigenvalue weighted by Gasteiger charge is 2.42. The number of carbonyl (C=O) groups is 3. The van der Waals surface area contributed by atoms with E-state index in [1.807, 2.05) is 0 Å². The van der Waals surface area contributed by atoms with E-state index in [1.165, 1.54) is 35.3 Å². The Hall–Kier alpha value is -0.330. The predicted molar refractivity (Wildman–Crippen MR) is 106 cm³/mol. The summed E-state index contributed by atoms with van der Waals surface area (Å²) in [5.41, 5.74) is 4.85. The number of nitrogens with two attached hydrogens (primary N) is 1. The lowest BCUT2D eigenvalue weighted by atomic mass is 10.2. The zero-order chi connectivity index (χ0) is 19.9. The molecule has 0 aliphatic carbocycles. The number of likely N-dealkylation sites (tertiary alicyclic amines) is 1. The Morgan fingerprint density at radius 1 is 1.42 bits per heavy atom. The quantitative estimate of drug-likeness (QED) is 0.191. The molecule has 1 saturated heterocycles. The summed E-state index contributed by atoms with van der Waals surface area (Å²) in [7, 11) is 0. The lowest BCUT2D eigenvalue weighted by molar-refractivity contribution is -0.156. The number of alkyl halides is 3. The highest BCUT2D eigenvalue weighted by molar-refractivity contribution is 8.47. The third-order valence-corrected chi connectivity index (χ3v) is 5.82. The maximum absolute atomic E-state index is 11.8. The largest absolute Gasteiger partial charge is 0.510 e. The summed E-state index contributed by atoms with van der Waals surface area (Å²) in [4.78, 5) is 35.2. The summed E-state index contributed by atoms with van der Waals surface area (Å²) >= 11 is 24.1. The van der Waals surface area contributed by atoms with Gasteiger partial charge in [-0.2, -0.15) is 0 Å². The van der Waals surface area contributed by atoms with Gasteiger partial charge in [-0.15, -0.1) is 11.8 Å². The normalized spacial score (nSPS) is 17.9. The number of amides is 2. The second-order valence-corrected chi connectivity index (χ2v) is 10.7. The second-order valence-electron chi connectivity index (χ2n) is 4.71. The highest BCUT2D eigenvalue weighted by atomic mass is 35.6. The van der Waals surface area contributed by atoms with Crippen LogP contribution in [0.3, 0.4) is 0 Å². The Kier molecular flexibility index (Phi) is 9.91. The smallest absolute Gasteiger partial charge is 0.449 e. The predicted octanol–water partition coefficient (Wildman–Crippen LogP) is 3.26. The fourth-order valence-corrected chi connectivity index (χ4v) is 4.51. The first-order valence-corrected chi connectivity index (χ1v) is 10.4. The molecule has 1 heterocycles. The third kappa shape index (κ3) is 9.05. The number of rotatable bonds is 7. The summed E-state index contributed by atoms with van der Waals surface area (Å²) in [6.07, 6.45) is -2.54. The van der Waals surface area contributed by atoms with E-state index in [-0.39, 0.29) is 24.3 Å². The molecule has 0 radical (unpaired) electrons. The molecule has 1 aliphatic heterocycles. The van der Waals surface area contributed by atoms with Crippen molar-refractivity contribution in [3.05, 3.63) is 0 Å². The molecule has 0 aromatic carbocycles. The zero-order valence-electron chi connectivity index (χ0n) is 13.3. The Balaban J connectivity index is 2.38. The number of thioether (sulfide) groups is 2. The lowest BCUT2D eigenvalue weighted by Gasteiger charge is -2.42. The molecule has 2 unspecified atom stereocenters. The van der Waals surface area contributed by atoms with Crippen molar-refractivity contribution in [2.45, 2.75) is 28.7 Å². The van der Waals surface area contributed by atoms with Crippen molar-refractivity contribution in [1.82, 2.24) is 4.90 Å². The molecule has 148 valence electrons. The van der Waals surface area contributed by atoms with Gasteiger partial charge in [-0.1, -0.05) is 58.8 Å². The molecule has 8 nitrogen and oxygen atoms in total. The molecule has 2 N–H and O–H groups in total. The molecule has 2 amide bonds. The number of halogens is 3. The van der Waals surface area contributed by atoms with E-state index >= 15 is 0 Å². The minimum absolute atomic E-state index is 0.128. The number of ether oxygens (including phenoxy) is 3. The molecular formula is C12H15Cl3N2O6S3. The van der Waals surface area contributed by atoms with E-state index in [2.05, 4.69) is 9.47 Å². The number of β-lactam (4-membered cyclic amide) rings is 1. The lowest BCUT2D eigenvalue weighted by Crippen LogP contribution is -2.56. The van der Waals surface area contributed by atoms with Crippen molar-refractivity contribution in [3.8, 4) is 0 Å². The molecule has 14 heteroatoms. The Morgan fingerprint density at radius 2 is 2.08 bits per heavy atom. The van der Waals surface area contributed by atoms with E-state index in [0.717, 1.165) is 0 Å². The number of carbonyl (C=O) groups excluding carboxylic acids is 3. The minimum Gasteiger partial charge on any atom is -0.449 e. The van der Waals surface area contributed by atoms with Crippen LogP contribution in [0.15, 0.2) is 0 Å². The van der Waals surface area contributed by atoms with Crippen LogP contribution in [0.5, 0.6) is 0 Å². The minimum atomic E-state index is -1.76. The van der Waals surface area contributed by atoms with Crippen molar-refractivity contribution < 1.29 is 28.6 Å². The van der Waals surface area contributed by atoms with Crippen LogP contribution in [-0.2, 0) is 19.0 Å². The van der Waals surface area contributed by atoms with Crippen molar-refractivity contribution in [2.24, 2.45) is 5.73 Å². The highest BCUT2D eigenvalue weighted by Crippen LogP contribution is 2.35. The van der Waals surface area contributed by atoms with Gasteiger partial charge < -0.3 is 19.9 Å². The second kappa shape index (κ2) is 10.9. The van der Waals surface area contributed by atoms with Crippen molar-refractivity contribution >= 4 is 92.2 Å². The van der Waals surface area contributed by atoms with Gasteiger partial charge in [0, 0.05) is 5.75 Å². The molecule has 0 saturated carbocycles. The molecule has 0 aromatic heterocycles. The first-order chi connectivity index (χ1) is 12.0. The first-order valence-electron chi connectivity index (χ1n) is 6.96. The summed E-state index contributed by atoms with van der Waals surface area (Å²) in [5, 5.41) is -0.282. The Bertz CT molecular complexity index is 563. The summed E-state index contributed by atoms with van der Waals surface area (Å²) in [6.45, 7) is 1.16. The summed E-state index contributed by atoms with van der Waals surface area (Å²) < 4.78 is 13.0. The van der Waals surface area contributed by atoms with E-state index < -0.39 is 28.9 Å². The maximum Gasteiger partial charge on any atom is 0.510 e. The SMILES string of the molecule is CC(OC(=O)OCC(Cl)(Cl)Cl)N1C(=O)CC1SC(=S)SCCOC(N)=O. The van der Waals surface area contributed by atoms with Gasteiger partial charge in [0.1, 0.15) is 16.7 Å². The van der Waals surface area contributed by atoms with Crippen LogP contribution in [0, 0.1) is 0 Å². The van der Waals surface area contributed by atoms with Crippen LogP contribution >= 0.6 is 70.5 Å². The molecular weight excluding hydrogens is 471 g/mol. The standard InChI is InChI=1S/C12H15Cl3N2O6S3/c1-6(23-10(20)22-5-12(13,14)15)17-7(18)4-8(17)26-11(24)25-3-2-21-9(16)19/h6,8H,2-5H2,1H3,(H2,16,19). The maximum atomic E-state index is 11.8. The van der Waals surface area contributed by atoms with Gasteiger partial charge in [0.15, 0.2) is 6.23 Å². The van der Waals surface area contributed by atoms with Crippen LogP contribution < -0.4 is 5.73 Å². The first kappa shape index (κ1) is 23.7. The van der Waals surface area contributed by atoms with Gasteiger partial charge in [0.25, 0.3) is 0 Å². The van der Waals surface area contributed by atoms with E-state index in [4.69, 9.17) is 57.5 Å². The molecule has 0 spiro atoms. The number of nitrogens with zero attached hydrogens (tertiary/aromatic N) is 1.